The Labute approximate surface area is 171 Å². The van der Waals surface area contributed by atoms with Crippen molar-refractivity contribution in [2.75, 3.05) is 18.4 Å². The average molecular weight is 421 g/mol. The Morgan fingerprint density at radius 1 is 1.10 bits per heavy atom. The molecule has 0 aliphatic carbocycles. The van der Waals surface area contributed by atoms with Crippen molar-refractivity contribution >= 4 is 21.9 Å². The van der Waals surface area contributed by atoms with Crippen LogP contribution in [0.5, 0.6) is 0 Å². The van der Waals surface area contributed by atoms with E-state index in [4.69, 9.17) is 4.42 Å². The van der Waals surface area contributed by atoms with E-state index >= 15 is 0 Å². The van der Waals surface area contributed by atoms with Crippen molar-refractivity contribution in [3.05, 3.63) is 35.7 Å². The lowest BCUT2D eigenvalue weighted by Gasteiger charge is -2.34. The van der Waals surface area contributed by atoms with Crippen LogP contribution in [-0.4, -0.2) is 41.9 Å². The van der Waals surface area contributed by atoms with E-state index in [0.29, 0.717) is 36.4 Å². The van der Waals surface area contributed by atoms with E-state index in [0.717, 1.165) is 6.42 Å². The summed E-state index contributed by atoms with van der Waals surface area (Å²) in [5.41, 5.74) is -0.0186. The Bertz CT molecular complexity index is 967. The maximum absolute atomic E-state index is 12.9. The number of piperidine rings is 1. The number of nitrogens with one attached hydrogen (secondary N) is 1. The summed E-state index contributed by atoms with van der Waals surface area (Å²) in [7, 11) is -3.58. The predicted molar refractivity (Wildman–Crippen MR) is 109 cm³/mol. The van der Waals surface area contributed by atoms with Crippen LogP contribution in [0.4, 0.5) is 6.01 Å². The Hall–Kier alpha value is -2.26. The normalized spacial score (nSPS) is 21.1. The molecular weight excluding hydrogens is 392 g/mol. The van der Waals surface area contributed by atoms with Crippen LogP contribution in [0.2, 0.25) is 0 Å². The number of carbonyl (C=O) groups excluding carboxylic acids is 1. The smallest absolute Gasteiger partial charge is 0.322 e. The molecule has 2 aromatic rings. The number of benzene rings is 1. The van der Waals surface area contributed by atoms with Crippen LogP contribution in [0.1, 0.15) is 57.3 Å². The Morgan fingerprint density at radius 3 is 2.21 bits per heavy atom. The molecule has 0 spiro atoms. The van der Waals surface area contributed by atoms with Gasteiger partial charge in [-0.1, -0.05) is 39.7 Å². The molecule has 1 aliphatic heterocycles. The number of aromatic nitrogens is 2. The van der Waals surface area contributed by atoms with Crippen LogP contribution in [0.15, 0.2) is 33.6 Å². The quantitative estimate of drug-likeness (QED) is 0.814. The molecule has 9 heteroatoms. The fourth-order valence-electron chi connectivity index (χ4n) is 3.48. The Kier molecular flexibility index (Phi) is 5.82. The highest BCUT2D eigenvalue weighted by Gasteiger charge is 2.31. The molecule has 1 saturated heterocycles. The molecule has 0 bridgehead atoms. The van der Waals surface area contributed by atoms with Crippen molar-refractivity contribution in [2.45, 2.75) is 51.3 Å². The lowest BCUT2D eigenvalue weighted by atomic mass is 9.94. The van der Waals surface area contributed by atoms with Crippen LogP contribution in [0.3, 0.4) is 0 Å². The first-order valence-electron chi connectivity index (χ1n) is 9.72. The maximum Gasteiger partial charge on any atom is 0.322 e. The zero-order valence-electron chi connectivity index (χ0n) is 17.5. The number of anilines is 1. The second-order valence-corrected chi connectivity index (χ2v) is 10.8. The highest BCUT2D eigenvalue weighted by Crippen LogP contribution is 2.27. The van der Waals surface area contributed by atoms with Gasteiger partial charge < -0.3 is 4.42 Å². The Balaban J connectivity index is 1.72. The molecule has 8 nitrogen and oxygen atoms in total. The van der Waals surface area contributed by atoms with Gasteiger partial charge in [-0.05, 0) is 42.5 Å². The van der Waals surface area contributed by atoms with Crippen LogP contribution in [-0.2, 0) is 15.4 Å². The molecule has 0 saturated carbocycles. The van der Waals surface area contributed by atoms with Gasteiger partial charge in [0, 0.05) is 24.1 Å². The number of carbonyl (C=O) groups is 1. The van der Waals surface area contributed by atoms with Gasteiger partial charge in [0.15, 0.2) is 0 Å². The summed E-state index contributed by atoms with van der Waals surface area (Å²) >= 11 is 0. The van der Waals surface area contributed by atoms with Gasteiger partial charge in [0.1, 0.15) is 0 Å². The molecule has 2 unspecified atom stereocenters. The minimum absolute atomic E-state index is 0.00733. The van der Waals surface area contributed by atoms with E-state index in [1.165, 1.54) is 28.6 Å². The van der Waals surface area contributed by atoms with Crippen molar-refractivity contribution < 1.29 is 17.6 Å². The second-order valence-electron chi connectivity index (χ2n) is 8.91. The summed E-state index contributed by atoms with van der Waals surface area (Å²) in [5, 5.41) is 10.3. The molecule has 1 aromatic heterocycles. The molecule has 1 fully saturated rings. The highest BCUT2D eigenvalue weighted by atomic mass is 32.2. The predicted octanol–water partition coefficient (Wildman–Crippen LogP) is 3.29. The monoisotopic (exact) mass is 420 g/mol. The first-order chi connectivity index (χ1) is 13.5. The zero-order valence-corrected chi connectivity index (χ0v) is 18.3. The standard InChI is InChI=1S/C20H28N4O4S/c1-13-10-14(2)12-24(11-13)29(26,27)16-8-6-15(7-9-16)17(25)21-19-23-22-18(28-19)20(3,4)5/h6-9,13-14H,10-12H2,1-5H3,(H,21,23,25). The topological polar surface area (TPSA) is 105 Å². The van der Waals surface area contributed by atoms with Crippen molar-refractivity contribution in [1.29, 1.82) is 0 Å². The van der Waals surface area contributed by atoms with Crippen LogP contribution < -0.4 is 5.32 Å². The first-order valence-corrected chi connectivity index (χ1v) is 11.2. The first kappa shape index (κ1) is 21.4. The fourth-order valence-corrected chi connectivity index (χ4v) is 5.16. The molecule has 1 N–H and O–H groups in total. The Morgan fingerprint density at radius 2 is 1.69 bits per heavy atom. The third-order valence-corrected chi connectivity index (χ3v) is 6.72. The molecule has 2 atom stereocenters. The van der Waals surface area contributed by atoms with Gasteiger partial charge in [0.2, 0.25) is 15.9 Å². The largest absolute Gasteiger partial charge is 0.407 e. The molecule has 0 radical (unpaired) electrons. The molecule has 158 valence electrons. The van der Waals surface area contributed by atoms with Crippen LogP contribution in [0.25, 0.3) is 0 Å². The van der Waals surface area contributed by atoms with Crippen LogP contribution >= 0.6 is 0 Å². The minimum Gasteiger partial charge on any atom is -0.407 e. The minimum atomic E-state index is -3.58. The van der Waals surface area contributed by atoms with Crippen molar-refractivity contribution in [3.63, 3.8) is 0 Å². The van der Waals surface area contributed by atoms with Gasteiger partial charge >= 0.3 is 6.01 Å². The second kappa shape index (κ2) is 7.87. The van der Waals surface area contributed by atoms with E-state index in [-0.39, 0.29) is 16.3 Å². The lowest BCUT2D eigenvalue weighted by Crippen LogP contribution is -2.42. The SMILES string of the molecule is CC1CC(C)CN(S(=O)(=O)c2ccc(C(=O)Nc3nnc(C(C)(C)C)o3)cc2)C1. The number of hydrogen-bond donors (Lipinski definition) is 1. The summed E-state index contributed by atoms with van der Waals surface area (Å²) in [5.74, 6) is 0.620. The number of nitrogens with zero attached hydrogens (tertiary/aromatic N) is 3. The maximum atomic E-state index is 12.9. The summed E-state index contributed by atoms with van der Waals surface area (Å²) in [6.07, 6.45) is 1.03. The third kappa shape index (κ3) is 4.84. The number of hydrogen-bond acceptors (Lipinski definition) is 6. The number of rotatable bonds is 4. The summed E-state index contributed by atoms with van der Waals surface area (Å²) < 4.78 is 32.9. The van der Waals surface area contributed by atoms with Gasteiger partial charge in [-0.3, -0.25) is 10.1 Å². The average Bonchev–Trinajstić information content (AvgIpc) is 3.10. The van der Waals surface area contributed by atoms with Gasteiger partial charge in [0.05, 0.1) is 4.90 Å². The molecular formula is C20H28N4O4S. The van der Waals surface area contributed by atoms with E-state index in [9.17, 15) is 13.2 Å². The van der Waals surface area contributed by atoms with Gasteiger partial charge in [0.25, 0.3) is 5.91 Å². The van der Waals surface area contributed by atoms with Gasteiger partial charge in [-0.15, -0.1) is 5.10 Å². The molecule has 1 aliphatic rings. The lowest BCUT2D eigenvalue weighted by molar-refractivity contribution is 0.102. The van der Waals surface area contributed by atoms with Crippen molar-refractivity contribution in [2.24, 2.45) is 11.8 Å². The fraction of sp³-hybridized carbons (Fsp3) is 0.550. The molecule has 3 rings (SSSR count). The summed E-state index contributed by atoms with van der Waals surface area (Å²) in [6, 6.07) is 5.90. The van der Waals surface area contributed by atoms with E-state index in [2.05, 4.69) is 29.4 Å². The van der Waals surface area contributed by atoms with E-state index in [1.807, 2.05) is 20.8 Å². The van der Waals surface area contributed by atoms with Crippen molar-refractivity contribution in [1.82, 2.24) is 14.5 Å². The van der Waals surface area contributed by atoms with Crippen molar-refractivity contribution in [3.8, 4) is 0 Å². The van der Waals surface area contributed by atoms with Crippen LogP contribution in [0, 0.1) is 11.8 Å². The molecule has 2 heterocycles. The van der Waals surface area contributed by atoms with Gasteiger partial charge in [-0.25, -0.2) is 8.42 Å². The molecule has 29 heavy (non-hydrogen) atoms. The molecule has 1 aromatic carbocycles. The number of amides is 1. The van der Waals surface area contributed by atoms with E-state index in [1.54, 1.807) is 0 Å². The molecule has 1 amide bonds. The van der Waals surface area contributed by atoms with E-state index < -0.39 is 15.9 Å². The summed E-state index contributed by atoms with van der Waals surface area (Å²) in [4.78, 5) is 12.6. The van der Waals surface area contributed by atoms with Gasteiger partial charge in [-0.2, -0.15) is 4.31 Å². The third-order valence-electron chi connectivity index (χ3n) is 4.88. The highest BCUT2D eigenvalue weighted by molar-refractivity contribution is 7.89. The number of sulfonamides is 1. The zero-order chi connectivity index (χ0) is 21.4. The summed E-state index contributed by atoms with van der Waals surface area (Å²) in [6.45, 7) is 10.9.